The first-order chi connectivity index (χ1) is 6.48. The summed E-state index contributed by atoms with van der Waals surface area (Å²) in [5.41, 5.74) is 0.347. The number of hydrogen-bond acceptors (Lipinski definition) is 2. The molecule has 0 aliphatic heterocycles. The van der Waals surface area contributed by atoms with E-state index in [2.05, 4.69) is 10.1 Å². The summed E-state index contributed by atoms with van der Waals surface area (Å²) in [4.78, 5) is 3.15. The molecule has 2 heterocycles. The summed E-state index contributed by atoms with van der Waals surface area (Å²) >= 11 is 5.54. The van der Waals surface area contributed by atoms with Crippen molar-refractivity contribution in [2.24, 2.45) is 0 Å². The van der Waals surface area contributed by atoms with Gasteiger partial charge in [0.15, 0.2) is 5.15 Å². The second kappa shape index (κ2) is 2.84. The lowest BCUT2D eigenvalue weighted by Gasteiger charge is -2.05. The van der Waals surface area contributed by atoms with Crippen LogP contribution in [0, 0.1) is 0 Å². The molecule has 0 amide bonds. The summed E-state index contributed by atoms with van der Waals surface area (Å²) in [6.45, 7) is 0. The minimum absolute atomic E-state index is 0.211. The number of nitrogens with zero attached hydrogens (tertiary/aromatic N) is 3. The van der Waals surface area contributed by atoms with Gasteiger partial charge in [0, 0.05) is 6.20 Å². The van der Waals surface area contributed by atoms with E-state index in [9.17, 15) is 13.2 Å². The van der Waals surface area contributed by atoms with Crippen LogP contribution in [0.4, 0.5) is 13.2 Å². The highest BCUT2D eigenvalue weighted by atomic mass is 35.5. The molecule has 0 saturated heterocycles. The third-order valence-corrected chi connectivity index (χ3v) is 1.88. The SMILES string of the molecule is FC(F)(F)c1nc(Cl)c2cccn2n1. The van der Waals surface area contributed by atoms with Gasteiger partial charge in [-0.2, -0.15) is 13.2 Å². The second-order valence-corrected chi connectivity index (χ2v) is 2.92. The van der Waals surface area contributed by atoms with Gasteiger partial charge in [-0.05, 0) is 12.1 Å². The minimum Gasteiger partial charge on any atom is -0.236 e. The van der Waals surface area contributed by atoms with Crippen LogP contribution in [0.5, 0.6) is 0 Å². The van der Waals surface area contributed by atoms with Crippen LogP contribution in [0.2, 0.25) is 5.15 Å². The third-order valence-electron chi connectivity index (χ3n) is 1.60. The molecule has 14 heavy (non-hydrogen) atoms. The van der Waals surface area contributed by atoms with Crippen LogP contribution < -0.4 is 0 Å². The van der Waals surface area contributed by atoms with Gasteiger partial charge in [-0.1, -0.05) is 11.6 Å². The number of fused-ring (bicyclic) bond motifs is 1. The molecule has 2 aromatic heterocycles. The maximum Gasteiger partial charge on any atom is 0.453 e. The van der Waals surface area contributed by atoms with Gasteiger partial charge in [-0.15, -0.1) is 5.10 Å². The number of rotatable bonds is 0. The molecule has 74 valence electrons. The summed E-state index contributed by atoms with van der Waals surface area (Å²) in [5.74, 6) is -1.24. The predicted molar refractivity (Wildman–Crippen MR) is 43.0 cm³/mol. The Kier molecular flexibility index (Phi) is 1.88. The lowest BCUT2D eigenvalue weighted by atomic mass is 10.5. The van der Waals surface area contributed by atoms with Gasteiger partial charge in [-0.25, -0.2) is 9.50 Å². The van der Waals surface area contributed by atoms with Crippen molar-refractivity contribution in [2.75, 3.05) is 0 Å². The monoisotopic (exact) mass is 221 g/mol. The zero-order valence-corrected chi connectivity index (χ0v) is 7.34. The Morgan fingerprint density at radius 3 is 2.71 bits per heavy atom. The number of aromatic nitrogens is 3. The average Bonchev–Trinajstić information content (AvgIpc) is 2.50. The van der Waals surface area contributed by atoms with E-state index < -0.39 is 12.0 Å². The number of halogens is 4. The van der Waals surface area contributed by atoms with Crippen molar-refractivity contribution in [3.05, 3.63) is 29.3 Å². The Morgan fingerprint density at radius 2 is 2.07 bits per heavy atom. The molecule has 3 nitrogen and oxygen atoms in total. The maximum absolute atomic E-state index is 12.2. The Labute approximate surface area is 81.1 Å². The molecule has 2 rings (SSSR count). The lowest BCUT2D eigenvalue weighted by molar-refractivity contribution is -0.145. The van der Waals surface area contributed by atoms with Crippen LogP contribution in [0.15, 0.2) is 18.3 Å². The Hall–Kier alpha value is -1.30. The van der Waals surface area contributed by atoms with E-state index in [1.54, 1.807) is 0 Å². The molecule has 0 unspecified atom stereocenters. The molecule has 7 heteroatoms. The van der Waals surface area contributed by atoms with Gasteiger partial charge in [0.25, 0.3) is 5.82 Å². The summed E-state index contributed by atoms with van der Waals surface area (Å²) in [7, 11) is 0. The number of hydrogen-bond donors (Lipinski definition) is 0. The van der Waals surface area contributed by atoms with Gasteiger partial charge >= 0.3 is 6.18 Å². The van der Waals surface area contributed by atoms with E-state index in [4.69, 9.17) is 11.6 Å². The highest BCUT2D eigenvalue weighted by Gasteiger charge is 2.35. The molecule has 0 N–H and O–H groups in total. The first-order valence-electron chi connectivity index (χ1n) is 3.56. The normalized spacial score (nSPS) is 12.3. The Morgan fingerprint density at radius 1 is 1.36 bits per heavy atom. The van der Waals surface area contributed by atoms with E-state index >= 15 is 0 Å². The zero-order valence-electron chi connectivity index (χ0n) is 6.59. The summed E-state index contributed by atoms with van der Waals surface area (Å²) in [5, 5.41) is 3.05. The Balaban J connectivity index is 2.70. The molecule has 0 spiro atoms. The number of alkyl halides is 3. The fourth-order valence-corrected chi connectivity index (χ4v) is 1.25. The van der Waals surface area contributed by atoms with Gasteiger partial charge in [-0.3, -0.25) is 0 Å². The molecular formula is C7H3ClF3N3. The lowest BCUT2D eigenvalue weighted by Crippen LogP contribution is -2.13. The van der Waals surface area contributed by atoms with E-state index in [0.717, 1.165) is 4.52 Å². The fourth-order valence-electron chi connectivity index (χ4n) is 1.02. The highest BCUT2D eigenvalue weighted by molar-refractivity contribution is 6.32. The van der Waals surface area contributed by atoms with E-state index in [0.29, 0.717) is 5.52 Å². The van der Waals surface area contributed by atoms with Crippen molar-refractivity contribution in [1.82, 2.24) is 14.6 Å². The van der Waals surface area contributed by atoms with Crippen molar-refractivity contribution >= 4 is 17.1 Å². The van der Waals surface area contributed by atoms with Crippen molar-refractivity contribution in [1.29, 1.82) is 0 Å². The van der Waals surface area contributed by atoms with Crippen molar-refractivity contribution < 1.29 is 13.2 Å². The topological polar surface area (TPSA) is 30.2 Å². The van der Waals surface area contributed by atoms with Crippen molar-refractivity contribution in [3.63, 3.8) is 0 Å². The Bertz CT molecular complexity index is 476. The van der Waals surface area contributed by atoms with Crippen molar-refractivity contribution in [3.8, 4) is 0 Å². The predicted octanol–water partition coefficient (Wildman–Crippen LogP) is 2.40. The smallest absolute Gasteiger partial charge is 0.236 e. The van der Waals surface area contributed by atoms with Crippen LogP contribution in [0.25, 0.3) is 5.52 Å². The molecule has 0 radical (unpaired) electrons. The van der Waals surface area contributed by atoms with Crippen molar-refractivity contribution in [2.45, 2.75) is 6.18 Å². The summed E-state index contributed by atoms with van der Waals surface area (Å²) in [6.07, 6.45) is -3.21. The first kappa shape index (κ1) is 9.26. The minimum atomic E-state index is -4.58. The van der Waals surface area contributed by atoms with Gasteiger partial charge in [0.05, 0.1) is 0 Å². The third kappa shape index (κ3) is 1.41. The summed E-state index contributed by atoms with van der Waals surface area (Å²) < 4.78 is 37.7. The molecule has 0 atom stereocenters. The molecule has 0 aliphatic rings. The van der Waals surface area contributed by atoms with E-state index in [1.807, 2.05) is 0 Å². The van der Waals surface area contributed by atoms with Crippen LogP contribution in [-0.2, 0) is 6.18 Å². The standard InChI is InChI=1S/C7H3ClF3N3/c8-5-4-2-1-3-14(4)13-6(12-5)7(9,10)11/h1-3H. The highest BCUT2D eigenvalue weighted by Crippen LogP contribution is 2.27. The summed E-state index contributed by atoms with van der Waals surface area (Å²) in [6, 6.07) is 3.07. The molecule has 0 aromatic carbocycles. The molecule has 0 aliphatic carbocycles. The van der Waals surface area contributed by atoms with Crippen LogP contribution in [0.3, 0.4) is 0 Å². The average molecular weight is 222 g/mol. The van der Waals surface area contributed by atoms with Crippen LogP contribution in [0.1, 0.15) is 5.82 Å². The molecule has 0 bridgehead atoms. The van der Waals surface area contributed by atoms with E-state index in [-0.39, 0.29) is 5.15 Å². The fraction of sp³-hybridized carbons (Fsp3) is 0.143. The van der Waals surface area contributed by atoms with E-state index in [1.165, 1.54) is 18.3 Å². The second-order valence-electron chi connectivity index (χ2n) is 2.56. The first-order valence-corrected chi connectivity index (χ1v) is 3.94. The largest absolute Gasteiger partial charge is 0.453 e. The quantitative estimate of drug-likeness (QED) is 0.684. The maximum atomic E-state index is 12.2. The molecule has 2 aromatic rings. The van der Waals surface area contributed by atoms with Gasteiger partial charge in [0.2, 0.25) is 0 Å². The van der Waals surface area contributed by atoms with Crippen LogP contribution in [-0.4, -0.2) is 14.6 Å². The zero-order chi connectivity index (χ0) is 10.3. The van der Waals surface area contributed by atoms with Gasteiger partial charge in [0.1, 0.15) is 5.52 Å². The van der Waals surface area contributed by atoms with Crippen LogP contribution >= 0.6 is 11.6 Å². The molecule has 0 saturated carbocycles. The molecular weight excluding hydrogens is 219 g/mol. The molecule has 0 fully saturated rings. The van der Waals surface area contributed by atoms with Gasteiger partial charge < -0.3 is 0 Å².